The van der Waals surface area contributed by atoms with Gasteiger partial charge >= 0.3 is 0 Å². The number of anilines is 1. The maximum atomic E-state index is 12.0. The van der Waals surface area contributed by atoms with Gasteiger partial charge in [-0.1, -0.05) is 35.3 Å². The van der Waals surface area contributed by atoms with Crippen LogP contribution in [0, 0.1) is 11.3 Å². The molecule has 0 aliphatic carbocycles. The molecule has 7 heteroatoms. The number of ether oxygens (including phenoxy) is 1. The molecular weight excluding hydrogens is 355 g/mol. The normalized spacial score (nSPS) is 9.96. The predicted molar refractivity (Wildman–Crippen MR) is 93.4 cm³/mol. The summed E-state index contributed by atoms with van der Waals surface area (Å²) in [5.74, 6) is 0.328. The van der Waals surface area contributed by atoms with Crippen LogP contribution in [0.3, 0.4) is 0 Å². The first-order valence-electron chi connectivity index (χ1n) is 6.56. The van der Waals surface area contributed by atoms with Crippen molar-refractivity contribution in [2.45, 2.75) is 4.90 Å². The minimum absolute atomic E-state index is 0.197. The highest BCUT2D eigenvalue weighted by atomic mass is 35.5. The summed E-state index contributed by atoms with van der Waals surface area (Å²) in [5, 5.41) is 12.3. The number of rotatable bonds is 6. The summed E-state index contributed by atoms with van der Waals surface area (Å²) in [6, 6.07) is 14.1. The van der Waals surface area contributed by atoms with Crippen molar-refractivity contribution in [1.82, 2.24) is 0 Å². The molecule has 0 spiro atoms. The third kappa shape index (κ3) is 5.36. The first kappa shape index (κ1) is 17.5. The van der Waals surface area contributed by atoms with Gasteiger partial charge in [0.05, 0.1) is 22.5 Å². The van der Waals surface area contributed by atoms with Gasteiger partial charge in [0.1, 0.15) is 5.75 Å². The zero-order valence-corrected chi connectivity index (χ0v) is 14.2. The Bertz CT molecular complexity index is 747. The average Bonchev–Trinajstić information content (AvgIpc) is 2.55. The molecule has 2 aromatic rings. The van der Waals surface area contributed by atoms with E-state index in [9.17, 15) is 4.79 Å². The van der Waals surface area contributed by atoms with Crippen molar-refractivity contribution in [1.29, 1.82) is 5.26 Å². The highest BCUT2D eigenvalue weighted by Crippen LogP contribution is 2.28. The van der Waals surface area contributed by atoms with Crippen LogP contribution in [0.15, 0.2) is 47.4 Å². The highest BCUT2D eigenvalue weighted by molar-refractivity contribution is 7.99. The molecule has 4 nitrogen and oxygen atoms in total. The molecule has 1 N–H and O–H groups in total. The number of hydrogen-bond donors (Lipinski definition) is 1. The van der Waals surface area contributed by atoms with E-state index in [1.165, 1.54) is 11.8 Å². The van der Waals surface area contributed by atoms with Crippen molar-refractivity contribution in [2.75, 3.05) is 17.7 Å². The highest BCUT2D eigenvalue weighted by Gasteiger charge is 2.09. The maximum absolute atomic E-state index is 12.0. The maximum Gasteiger partial charge on any atom is 0.262 e. The topological polar surface area (TPSA) is 62.1 Å². The standard InChI is InChI=1S/C16H12Cl2N2O2S/c17-11-5-6-12(18)14(9-11)22-10-16(21)20-13-3-1-2-4-15(13)23-8-7-19/h1-6,9H,8,10H2,(H,20,21). The average molecular weight is 367 g/mol. The van der Waals surface area contributed by atoms with E-state index in [4.69, 9.17) is 33.2 Å². The smallest absolute Gasteiger partial charge is 0.262 e. The van der Waals surface area contributed by atoms with E-state index in [-0.39, 0.29) is 12.5 Å². The minimum atomic E-state index is -0.328. The van der Waals surface area contributed by atoms with Gasteiger partial charge in [-0.2, -0.15) is 5.26 Å². The monoisotopic (exact) mass is 366 g/mol. The Morgan fingerprint density at radius 2 is 2.04 bits per heavy atom. The van der Waals surface area contributed by atoms with Crippen molar-refractivity contribution in [3.8, 4) is 11.8 Å². The predicted octanol–water partition coefficient (Wildman–Crippen LogP) is 4.63. The zero-order chi connectivity index (χ0) is 16.7. The molecule has 0 saturated carbocycles. The van der Waals surface area contributed by atoms with Crippen molar-refractivity contribution in [3.05, 3.63) is 52.5 Å². The second-order valence-electron chi connectivity index (χ2n) is 4.35. The molecule has 0 heterocycles. The Morgan fingerprint density at radius 1 is 1.26 bits per heavy atom. The lowest BCUT2D eigenvalue weighted by Gasteiger charge is -2.11. The van der Waals surface area contributed by atoms with Crippen molar-refractivity contribution in [3.63, 3.8) is 0 Å². The number of nitriles is 1. The Hall–Kier alpha value is -1.87. The van der Waals surface area contributed by atoms with Gasteiger partial charge in [-0.05, 0) is 24.3 Å². The van der Waals surface area contributed by atoms with Crippen LogP contribution in [0.2, 0.25) is 10.0 Å². The first-order valence-corrected chi connectivity index (χ1v) is 8.31. The van der Waals surface area contributed by atoms with E-state index in [1.54, 1.807) is 30.3 Å². The van der Waals surface area contributed by atoms with Crippen LogP contribution in [0.4, 0.5) is 5.69 Å². The van der Waals surface area contributed by atoms with E-state index >= 15 is 0 Å². The number of halogens is 2. The Labute approximate surface area is 148 Å². The molecule has 1 amide bonds. The van der Waals surface area contributed by atoms with E-state index < -0.39 is 0 Å². The van der Waals surface area contributed by atoms with Crippen molar-refractivity contribution < 1.29 is 9.53 Å². The molecule has 0 saturated heterocycles. The molecule has 0 aromatic heterocycles. The third-order valence-corrected chi connectivity index (χ3v) is 4.19. The molecule has 0 atom stereocenters. The lowest BCUT2D eigenvalue weighted by molar-refractivity contribution is -0.118. The zero-order valence-electron chi connectivity index (χ0n) is 11.9. The molecule has 0 unspecified atom stereocenters. The van der Waals surface area contributed by atoms with Gasteiger partial charge in [0.25, 0.3) is 5.91 Å². The third-order valence-electron chi connectivity index (χ3n) is 2.71. The summed E-state index contributed by atoms with van der Waals surface area (Å²) in [6.07, 6.45) is 0. The molecule has 0 radical (unpaired) electrons. The van der Waals surface area contributed by atoms with Crippen LogP contribution in [-0.2, 0) is 4.79 Å². The molecule has 2 aromatic carbocycles. The number of carbonyl (C=O) groups is 1. The summed E-state index contributed by atoms with van der Waals surface area (Å²) in [7, 11) is 0. The Balaban J connectivity index is 1.97. The first-order chi connectivity index (χ1) is 11.1. The van der Waals surface area contributed by atoms with Gasteiger partial charge in [0.2, 0.25) is 0 Å². The van der Waals surface area contributed by atoms with Crippen LogP contribution in [-0.4, -0.2) is 18.3 Å². The van der Waals surface area contributed by atoms with E-state index in [0.29, 0.717) is 27.2 Å². The molecule has 118 valence electrons. The number of amides is 1. The summed E-state index contributed by atoms with van der Waals surface area (Å²) in [6.45, 7) is -0.197. The fourth-order valence-electron chi connectivity index (χ4n) is 1.72. The lowest BCUT2D eigenvalue weighted by atomic mass is 10.3. The number of nitrogens with zero attached hydrogens (tertiary/aromatic N) is 1. The summed E-state index contributed by atoms with van der Waals surface area (Å²) < 4.78 is 5.39. The fourth-order valence-corrected chi connectivity index (χ4v) is 2.73. The van der Waals surface area contributed by atoms with Crippen molar-refractivity contribution >= 4 is 46.6 Å². The van der Waals surface area contributed by atoms with Crippen LogP contribution < -0.4 is 10.1 Å². The van der Waals surface area contributed by atoms with E-state index in [1.807, 2.05) is 12.1 Å². The summed E-state index contributed by atoms with van der Waals surface area (Å²) in [5.41, 5.74) is 0.638. The number of thioether (sulfide) groups is 1. The van der Waals surface area contributed by atoms with Crippen LogP contribution in [0.5, 0.6) is 5.75 Å². The second-order valence-corrected chi connectivity index (χ2v) is 6.22. The molecule has 0 fully saturated rings. The van der Waals surface area contributed by atoms with Gasteiger partial charge in [0, 0.05) is 16.0 Å². The molecule has 2 rings (SSSR count). The molecule has 23 heavy (non-hydrogen) atoms. The Morgan fingerprint density at radius 3 is 2.83 bits per heavy atom. The minimum Gasteiger partial charge on any atom is -0.482 e. The SMILES string of the molecule is N#CCSc1ccccc1NC(=O)COc1cc(Cl)ccc1Cl. The number of benzene rings is 2. The molecular formula is C16H12Cl2N2O2S. The number of carbonyl (C=O) groups excluding carboxylic acids is 1. The van der Waals surface area contributed by atoms with Crippen LogP contribution >= 0.6 is 35.0 Å². The summed E-state index contributed by atoms with van der Waals surface area (Å²) in [4.78, 5) is 12.8. The fraction of sp³-hybridized carbons (Fsp3) is 0.125. The van der Waals surface area contributed by atoms with E-state index in [0.717, 1.165) is 4.90 Å². The van der Waals surface area contributed by atoms with Crippen molar-refractivity contribution in [2.24, 2.45) is 0 Å². The molecule has 0 bridgehead atoms. The number of para-hydroxylation sites is 1. The quantitative estimate of drug-likeness (QED) is 0.757. The van der Waals surface area contributed by atoms with Crippen LogP contribution in [0.1, 0.15) is 0 Å². The number of hydrogen-bond acceptors (Lipinski definition) is 4. The summed E-state index contributed by atoms with van der Waals surface area (Å²) >= 11 is 13.2. The van der Waals surface area contributed by atoms with E-state index in [2.05, 4.69) is 11.4 Å². The van der Waals surface area contributed by atoms with Gasteiger partial charge < -0.3 is 10.1 Å². The van der Waals surface area contributed by atoms with Gasteiger partial charge in [-0.15, -0.1) is 11.8 Å². The second kappa shape index (κ2) is 8.68. The number of nitrogens with one attached hydrogen (secondary N) is 1. The van der Waals surface area contributed by atoms with Crippen LogP contribution in [0.25, 0.3) is 0 Å². The van der Waals surface area contributed by atoms with Gasteiger partial charge in [-0.3, -0.25) is 4.79 Å². The largest absolute Gasteiger partial charge is 0.482 e. The Kier molecular flexibility index (Phi) is 6.60. The molecule has 0 aliphatic heterocycles. The molecule has 0 aliphatic rings. The van der Waals surface area contributed by atoms with Gasteiger partial charge in [-0.25, -0.2) is 0 Å². The van der Waals surface area contributed by atoms with Gasteiger partial charge in [0.15, 0.2) is 6.61 Å². The lowest BCUT2D eigenvalue weighted by Crippen LogP contribution is -2.20.